The molecule has 1 amide bonds. The number of hydrogen-bond acceptors (Lipinski definition) is 4. The van der Waals surface area contributed by atoms with E-state index in [-0.39, 0.29) is 18.1 Å². The van der Waals surface area contributed by atoms with Gasteiger partial charge in [-0.15, -0.1) is 0 Å². The predicted molar refractivity (Wildman–Crippen MR) is 85.6 cm³/mol. The molecule has 0 spiro atoms. The maximum atomic E-state index is 12.5. The van der Waals surface area contributed by atoms with Gasteiger partial charge in [0.1, 0.15) is 0 Å². The van der Waals surface area contributed by atoms with Crippen LogP contribution in [-0.2, 0) is 16.0 Å². The van der Waals surface area contributed by atoms with Crippen LogP contribution in [0.3, 0.4) is 0 Å². The molecule has 0 aromatic carbocycles. The van der Waals surface area contributed by atoms with E-state index in [1.807, 2.05) is 4.90 Å². The predicted octanol–water partition coefficient (Wildman–Crippen LogP) is 2.11. The Balaban J connectivity index is 2.27. The van der Waals surface area contributed by atoms with Gasteiger partial charge in [-0.2, -0.15) is 0 Å². The zero-order valence-electron chi connectivity index (χ0n) is 14.2. The Morgan fingerprint density at radius 2 is 2.04 bits per heavy atom. The molecule has 1 N–H and O–H groups in total. The molecule has 6 nitrogen and oxygen atoms in total. The second kappa shape index (κ2) is 6.98. The summed E-state index contributed by atoms with van der Waals surface area (Å²) < 4.78 is 4.80. The molecule has 1 aromatic heterocycles. The first-order valence-corrected chi connectivity index (χ1v) is 7.93. The summed E-state index contributed by atoms with van der Waals surface area (Å²) in [6, 6.07) is 0. The molecular weight excluding hydrogens is 296 g/mol. The molecule has 0 aliphatic carbocycles. The van der Waals surface area contributed by atoms with E-state index in [1.165, 1.54) is 14.0 Å². The second-order valence-electron chi connectivity index (χ2n) is 6.29. The molecule has 1 aromatic rings. The number of likely N-dealkylation sites (tertiary alicyclic amines) is 1. The Morgan fingerprint density at radius 1 is 1.35 bits per heavy atom. The molecule has 1 saturated heterocycles. The largest absolute Gasteiger partial charge is 0.465 e. The zero-order valence-corrected chi connectivity index (χ0v) is 14.2. The van der Waals surface area contributed by atoms with Crippen LogP contribution in [0.5, 0.6) is 0 Å². The highest BCUT2D eigenvalue weighted by atomic mass is 16.5. The number of carbonyl (C=O) groups excluding carboxylic acids is 3. The van der Waals surface area contributed by atoms with Crippen LogP contribution in [0.15, 0.2) is 0 Å². The van der Waals surface area contributed by atoms with Crippen LogP contribution >= 0.6 is 0 Å². The van der Waals surface area contributed by atoms with E-state index >= 15 is 0 Å². The number of methoxy groups -OCH3 is 1. The average Bonchev–Trinajstić information content (AvgIpc) is 2.83. The lowest BCUT2D eigenvalue weighted by Gasteiger charge is -2.31. The Bertz CT molecular complexity index is 633. The lowest BCUT2D eigenvalue weighted by molar-refractivity contribution is -0.132. The number of rotatable bonds is 4. The zero-order chi connectivity index (χ0) is 17.1. The first-order chi connectivity index (χ1) is 10.8. The molecule has 0 radical (unpaired) electrons. The highest BCUT2D eigenvalue weighted by molar-refractivity contribution is 6.01. The van der Waals surface area contributed by atoms with E-state index in [1.54, 1.807) is 6.92 Å². The van der Waals surface area contributed by atoms with Crippen LogP contribution in [-0.4, -0.2) is 47.7 Å². The number of piperidine rings is 1. The molecule has 1 aliphatic heterocycles. The topological polar surface area (TPSA) is 79.5 Å². The number of H-pyrrole nitrogens is 1. The maximum Gasteiger partial charge on any atom is 0.339 e. The Hall–Kier alpha value is -2.11. The number of esters is 1. The van der Waals surface area contributed by atoms with Crippen molar-refractivity contribution in [1.29, 1.82) is 0 Å². The van der Waals surface area contributed by atoms with Crippen LogP contribution in [0.25, 0.3) is 0 Å². The van der Waals surface area contributed by atoms with Crippen molar-refractivity contribution in [2.24, 2.45) is 5.92 Å². The molecule has 2 rings (SSSR count). The molecule has 126 valence electrons. The minimum absolute atomic E-state index is 0.0296. The summed E-state index contributed by atoms with van der Waals surface area (Å²) in [6.45, 7) is 6.74. The van der Waals surface area contributed by atoms with Gasteiger partial charge >= 0.3 is 5.97 Å². The van der Waals surface area contributed by atoms with Crippen molar-refractivity contribution < 1.29 is 19.1 Å². The minimum Gasteiger partial charge on any atom is -0.465 e. The number of ketones is 1. The highest BCUT2D eigenvalue weighted by Crippen LogP contribution is 2.22. The fraction of sp³-hybridized carbons (Fsp3) is 0.588. The maximum absolute atomic E-state index is 12.5. The van der Waals surface area contributed by atoms with Crippen molar-refractivity contribution >= 4 is 17.7 Å². The summed E-state index contributed by atoms with van der Waals surface area (Å²) in [7, 11) is 1.29. The van der Waals surface area contributed by atoms with E-state index in [4.69, 9.17) is 4.74 Å². The van der Waals surface area contributed by atoms with Gasteiger partial charge in [-0.25, -0.2) is 4.79 Å². The molecule has 2 heterocycles. The number of aromatic nitrogens is 1. The minimum atomic E-state index is -0.527. The fourth-order valence-corrected chi connectivity index (χ4v) is 3.20. The summed E-state index contributed by atoms with van der Waals surface area (Å²) in [6.07, 6.45) is 2.21. The van der Waals surface area contributed by atoms with Crippen LogP contribution in [0.4, 0.5) is 0 Å². The van der Waals surface area contributed by atoms with Crippen molar-refractivity contribution in [2.45, 2.75) is 40.0 Å². The number of nitrogens with one attached hydrogen (secondary N) is 1. The summed E-state index contributed by atoms with van der Waals surface area (Å²) in [4.78, 5) is 41.0. The van der Waals surface area contributed by atoms with Crippen LogP contribution < -0.4 is 0 Å². The highest BCUT2D eigenvalue weighted by Gasteiger charge is 2.27. The molecule has 0 saturated carbocycles. The number of carbonyl (C=O) groups is 3. The lowest BCUT2D eigenvalue weighted by Crippen LogP contribution is -2.40. The van der Waals surface area contributed by atoms with Gasteiger partial charge in [-0.05, 0) is 31.2 Å². The fourth-order valence-electron chi connectivity index (χ4n) is 3.20. The number of aromatic amines is 1. The van der Waals surface area contributed by atoms with E-state index in [9.17, 15) is 14.4 Å². The molecule has 1 atom stereocenters. The van der Waals surface area contributed by atoms with Crippen LogP contribution in [0, 0.1) is 12.8 Å². The van der Waals surface area contributed by atoms with Crippen molar-refractivity contribution in [1.82, 2.24) is 9.88 Å². The smallest absolute Gasteiger partial charge is 0.339 e. The number of nitrogens with zero attached hydrogens (tertiary/aromatic N) is 1. The van der Waals surface area contributed by atoms with Crippen molar-refractivity contribution in [2.75, 3.05) is 20.2 Å². The van der Waals surface area contributed by atoms with E-state index in [0.717, 1.165) is 25.9 Å². The standard InChI is InChI=1S/C17H24N2O4/c1-10-6-5-7-19(9-10)14(21)8-13-15(17(22)23-4)11(2)16(18-13)12(3)20/h10,18H,5-9H2,1-4H3/t10-/m0/s1. The van der Waals surface area contributed by atoms with E-state index in [2.05, 4.69) is 11.9 Å². The van der Waals surface area contributed by atoms with E-state index < -0.39 is 5.97 Å². The van der Waals surface area contributed by atoms with Gasteiger partial charge in [0.2, 0.25) is 5.91 Å². The average molecular weight is 320 g/mol. The summed E-state index contributed by atoms with van der Waals surface area (Å²) in [5.74, 6) is -0.233. The van der Waals surface area contributed by atoms with Gasteiger partial charge < -0.3 is 14.6 Å². The lowest BCUT2D eigenvalue weighted by atomic mass is 9.99. The summed E-state index contributed by atoms with van der Waals surface area (Å²) in [5.41, 5.74) is 1.67. The number of Topliss-reactive ketones (excluding diaryl/α,β-unsaturated/α-hetero) is 1. The van der Waals surface area contributed by atoms with Crippen molar-refractivity contribution in [3.8, 4) is 0 Å². The monoisotopic (exact) mass is 320 g/mol. The third-order valence-corrected chi connectivity index (χ3v) is 4.41. The molecule has 1 aliphatic rings. The molecular formula is C17H24N2O4. The summed E-state index contributed by atoms with van der Waals surface area (Å²) in [5, 5.41) is 0. The van der Waals surface area contributed by atoms with Crippen molar-refractivity contribution in [3.63, 3.8) is 0 Å². The first kappa shape index (κ1) is 17.2. The van der Waals surface area contributed by atoms with Gasteiger partial charge in [0.25, 0.3) is 0 Å². The number of ether oxygens (including phenoxy) is 1. The Morgan fingerprint density at radius 3 is 2.61 bits per heavy atom. The summed E-state index contributed by atoms with van der Waals surface area (Å²) >= 11 is 0. The van der Waals surface area contributed by atoms with Crippen LogP contribution in [0.2, 0.25) is 0 Å². The molecule has 1 fully saturated rings. The Kier molecular flexibility index (Phi) is 5.23. The van der Waals surface area contributed by atoms with Gasteiger partial charge in [0, 0.05) is 25.7 Å². The quantitative estimate of drug-likeness (QED) is 0.681. The third-order valence-electron chi connectivity index (χ3n) is 4.41. The molecule has 6 heteroatoms. The second-order valence-corrected chi connectivity index (χ2v) is 6.29. The third kappa shape index (κ3) is 3.63. The Labute approximate surface area is 136 Å². The van der Waals surface area contributed by atoms with Gasteiger partial charge in [-0.1, -0.05) is 6.92 Å². The molecule has 0 bridgehead atoms. The van der Waals surface area contributed by atoms with Crippen molar-refractivity contribution in [3.05, 3.63) is 22.5 Å². The van der Waals surface area contributed by atoms with Crippen LogP contribution in [0.1, 0.15) is 58.8 Å². The molecule has 0 unspecified atom stereocenters. The molecule has 23 heavy (non-hydrogen) atoms. The number of hydrogen-bond donors (Lipinski definition) is 1. The number of amides is 1. The SMILES string of the molecule is COC(=O)c1c(CC(=O)N2CCC[C@H](C)C2)[nH]c(C(C)=O)c1C. The first-order valence-electron chi connectivity index (χ1n) is 7.93. The van der Waals surface area contributed by atoms with Gasteiger partial charge in [0.15, 0.2) is 5.78 Å². The van der Waals surface area contributed by atoms with Gasteiger partial charge in [0.05, 0.1) is 24.8 Å². The van der Waals surface area contributed by atoms with E-state index in [0.29, 0.717) is 28.4 Å². The van der Waals surface area contributed by atoms with Gasteiger partial charge in [-0.3, -0.25) is 9.59 Å². The normalized spacial score (nSPS) is 17.9.